The molecule has 0 saturated heterocycles. The molecule has 0 aromatic carbocycles. The van der Waals surface area contributed by atoms with Crippen molar-refractivity contribution >= 4 is 28.1 Å². The van der Waals surface area contributed by atoms with E-state index in [0.29, 0.717) is 33.2 Å². The van der Waals surface area contributed by atoms with Gasteiger partial charge in [0.1, 0.15) is 11.2 Å². The molecule has 0 spiro atoms. The van der Waals surface area contributed by atoms with Gasteiger partial charge >= 0.3 is 11.9 Å². The third-order valence-electron chi connectivity index (χ3n) is 9.02. The van der Waals surface area contributed by atoms with E-state index >= 15 is 0 Å². The van der Waals surface area contributed by atoms with Crippen molar-refractivity contribution in [1.82, 2.24) is 0 Å². The van der Waals surface area contributed by atoms with Crippen LogP contribution in [0.15, 0.2) is 12.2 Å². The molecule has 0 fully saturated rings. The van der Waals surface area contributed by atoms with Crippen molar-refractivity contribution in [2.24, 2.45) is 0 Å². The van der Waals surface area contributed by atoms with Gasteiger partial charge in [0.2, 0.25) is 0 Å². The summed E-state index contributed by atoms with van der Waals surface area (Å²) in [5, 5.41) is 0. The molecular formula is C30H60O4Si2. The maximum Gasteiger partial charge on any atom is 0.331 e. The Bertz CT molecular complexity index is 640. The molecule has 0 bridgehead atoms. The zero-order chi connectivity index (χ0) is 28.9. The highest BCUT2D eigenvalue weighted by molar-refractivity contribution is 6.84. The molecule has 0 amide bonds. The van der Waals surface area contributed by atoms with Gasteiger partial charge in [0, 0.05) is 12.2 Å². The Morgan fingerprint density at radius 2 is 0.722 bits per heavy atom. The second kappa shape index (κ2) is 13.3. The maximum absolute atomic E-state index is 12.7. The average Bonchev–Trinajstić information content (AvgIpc) is 2.66. The first-order valence-corrected chi connectivity index (χ1v) is 19.1. The Kier molecular flexibility index (Phi) is 12.9. The Hall–Kier alpha value is -0.886. The lowest BCUT2D eigenvalue weighted by molar-refractivity contribution is -0.151. The standard InChI is InChI=1S/C30H60O4Si2/c1-21(2)35(22(3)4,23(5)6)19-29(13,14)33-27(31)17-18-28(32)34-30(15,16)20-36(24(7)8,25(9)10)26(11)12/h17-18,21-26H,19-20H2,1-16H3/b18-17-. The monoisotopic (exact) mass is 540 g/mol. The van der Waals surface area contributed by atoms with Gasteiger partial charge in [-0.15, -0.1) is 0 Å². The quantitative estimate of drug-likeness (QED) is 0.125. The Labute approximate surface area is 226 Å². The molecule has 6 heteroatoms. The van der Waals surface area contributed by atoms with E-state index < -0.39 is 39.3 Å². The van der Waals surface area contributed by atoms with Crippen molar-refractivity contribution in [1.29, 1.82) is 0 Å². The van der Waals surface area contributed by atoms with Crippen LogP contribution >= 0.6 is 0 Å². The lowest BCUT2D eigenvalue weighted by atomic mass is 10.2. The molecule has 0 rings (SSSR count). The van der Waals surface area contributed by atoms with Crippen LogP contribution in [0.25, 0.3) is 0 Å². The Balaban J connectivity index is 5.48. The predicted molar refractivity (Wildman–Crippen MR) is 161 cm³/mol. The molecule has 0 aliphatic heterocycles. The van der Waals surface area contributed by atoms with E-state index in [1.165, 1.54) is 12.2 Å². The summed E-state index contributed by atoms with van der Waals surface area (Å²) in [6.07, 6.45) is 2.48. The molecule has 0 saturated carbocycles. The van der Waals surface area contributed by atoms with Crippen LogP contribution in [0.3, 0.4) is 0 Å². The van der Waals surface area contributed by atoms with Crippen LogP contribution in [0.4, 0.5) is 0 Å². The first-order chi connectivity index (χ1) is 16.1. The minimum absolute atomic E-state index is 0.482. The van der Waals surface area contributed by atoms with Gasteiger partial charge in [-0.2, -0.15) is 0 Å². The minimum atomic E-state index is -1.75. The molecule has 0 atom stereocenters. The summed E-state index contributed by atoms with van der Waals surface area (Å²) in [5.74, 6) is -0.964. The second-order valence-corrected chi connectivity index (χ2v) is 26.3. The number of carbonyl (C=O) groups is 2. The first-order valence-electron chi connectivity index (χ1n) is 14.2. The Morgan fingerprint density at radius 3 is 0.889 bits per heavy atom. The second-order valence-electron chi connectivity index (χ2n) is 14.2. The highest BCUT2D eigenvalue weighted by atomic mass is 28.3. The van der Waals surface area contributed by atoms with E-state index in [-0.39, 0.29) is 0 Å². The van der Waals surface area contributed by atoms with Crippen molar-refractivity contribution in [2.75, 3.05) is 0 Å². The number of carbonyl (C=O) groups excluding carboxylic acids is 2. The van der Waals surface area contributed by atoms with E-state index in [9.17, 15) is 9.59 Å². The van der Waals surface area contributed by atoms with Crippen molar-refractivity contribution < 1.29 is 19.1 Å². The SMILES string of the molecule is CC(C)[Si](CC(C)(C)OC(=O)/C=C\C(=O)OC(C)(C)C[Si](C(C)C)(C(C)C)C(C)C)(C(C)C)C(C)C. The molecule has 0 aliphatic carbocycles. The van der Waals surface area contributed by atoms with Crippen LogP contribution in [-0.4, -0.2) is 39.3 Å². The molecule has 0 aromatic rings. The largest absolute Gasteiger partial charge is 0.457 e. The van der Waals surface area contributed by atoms with Crippen molar-refractivity contribution in [3.63, 3.8) is 0 Å². The molecule has 4 nitrogen and oxygen atoms in total. The van der Waals surface area contributed by atoms with E-state index in [0.717, 1.165) is 12.1 Å². The van der Waals surface area contributed by atoms with Crippen LogP contribution in [0.1, 0.15) is 111 Å². The molecule has 0 radical (unpaired) electrons. The average molecular weight is 541 g/mol. The van der Waals surface area contributed by atoms with Gasteiger partial charge in [-0.1, -0.05) is 116 Å². The number of rotatable bonds is 14. The zero-order valence-electron chi connectivity index (χ0n) is 26.7. The zero-order valence-corrected chi connectivity index (χ0v) is 28.7. The summed E-state index contributed by atoms with van der Waals surface area (Å²) in [6.45, 7) is 35.8. The predicted octanol–water partition coefficient (Wildman–Crippen LogP) is 9.54. The smallest absolute Gasteiger partial charge is 0.331 e. The lowest BCUT2D eigenvalue weighted by Crippen LogP contribution is -2.50. The van der Waals surface area contributed by atoms with Crippen LogP contribution in [-0.2, 0) is 19.1 Å². The molecule has 212 valence electrons. The first kappa shape index (κ1) is 35.1. The highest BCUT2D eigenvalue weighted by Gasteiger charge is 2.48. The van der Waals surface area contributed by atoms with Gasteiger partial charge in [0.15, 0.2) is 0 Å². The fraction of sp³-hybridized carbons (Fsp3) is 0.867. The van der Waals surface area contributed by atoms with Crippen molar-refractivity contribution in [2.45, 2.75) is 167 Å². The van der Waals surface area contributed by atoms with Crippen LogP contribution in [0.5, 0.6) is 0 Å². The van der Waals surface area contributed by atoms with Crippen molar-refractivity contribution in [3.8, 4) is 0 Å². The Morgan fingerprint density at radius 1 is 0.528 bits per heavy atom. The van der Waals surface area contributed by atoms with Gasteiger partial charge in [0.05, 0.1) is 16.1 Å². The molecular weight excluding hydrogens is 480 g/mol. The van der Waals surface area contributed by atoms with E-state index in [2.05, 4.69) is 83.1 Å². The van der Waals surface area contributed by atoms with Gasteiger partial charge in [0.25, 0.3) is 0 Å². The molecule has 0 aromatic heterocycles. The highest BCUT2D eigenvalue weighted by Crippen LogP contribution is 2.48. The summed E-state index contributed by atoms with van der Waals surface area (Å²) >= 11 is 0. The maximum atomic E-state index is 12.7. The van der Waals surface area contributed by atoms with Crippen LogP contribution < -0.4 is 0 Å². The number of esters is 2. The summed E-state index contributed by atoms with van der Waals surface area (Å²) in [4.78, 5) is 25.5. The molecule has 0 N–H and O–H groups in total. The lowest BCUT2D eigenvalue weighted by Gasteiger charge is -2.47. The summed E-state index contributed by atoms with van der Waals surface area (Å²) in [5.41, 5.74) is 2.33. The number of hydrogen-bond acceptors (Lipinski definition) is 4. The number of ether oxygens (including phenoxy) is 2. The van der Waals surface area contributed by atoms with Gasteiger partial charge < -0.3 is 9.47 Å². The molecule has 0 unspecified atom stereocenters. The van der Waals surface area contributed by atoms with Crippen LogP contribution in [0.2, 0.25) is 45.3 Å². The third-order valence-corrected chi connectivity index (χ3v) is 24.8. The fourth-order valence-electron chi connectivity index (χ4n) is 7.52. The van der Waals surface area contributed by atoms with Gasteiger partial charge in [-0.25, -0.2) is 9.59 Å². The minimum Gasteiger partial charge on any atom is -0.457 e. The molecule has 0 heterocycles. The third kappa shape index (κ3) is 8.85. The number of hydrogen-bond donors (Lipinski definition) is 0. The van der Waals surface area contributed by atoms with Gasteiger partial charge in [-0.05, 0) is 39.8 Å². The van der Waals surface area contributed by atoms with Gasteiger partial charge in [-0.3, -0.25) is 0 Å². The fourth-order valence-corrected chi connectivity index (χ4v) is 21.1. The molecule has 0 aliphatic rings. The topological polar surface area (TPSA) is 52.6 Å². The van der Waals surface area contributed by atoms with E-state index in [1.807, 2.05) is 27.7 Å². The van der Waals surface area contributed by atoms with E-state index in [4.69, 9.17) is 9.47 Å². The van der Waals surface area contributed by atoms with E-state index in [1.54, 1.807) is 0 Å². The normalized spacial score (nSPS) is 14.3. The summed E-state index contributed by atoms with van der Waals surface area (Å²) in [6, 6.07) is 1.80. The molecule has 36 heavy (non-hydrogen) atoms. The van der Waals surface area contributed by atoms with Crippen molar-refractivity contribution in [3.05, 3.63) is 12.2 Å². The summed E-state index contributed by atoms with van der Waals surface area (Å²) < 4.78 is 11.8. The summed E-state index contributed by atoms with van der Waals surface area (Å²) in [7, 11) is -3.49. The van der Waals surface area contributed by atoms with Crippen LogP contribution in [0, 0.1) is 0 Å².